The van der Waals surface area contributed by atoms with Crippen LogP contribution in [0.25, 0.3) is 0 Å². The molecule has 0 saturated heterocycles. The average molecular weight is 179 g/mol. The summed E-state index contributed by atoms with van der Waals surface area (Å²) in [6.07, 6.45) is 2.98. The Hall–Kier alpha value is -1.64. The van der Waals surface area contributed by atoms with Gasteiger partial charge >= 0.3 is 5.97 Å². The van der Waals surface area contributed by atoms with Crippen molar-refractivity contribution in [1.82, 2.24) is 0 Å². The van der Waals surface area contributed by atoms with Crippen LogP contribution in [0.2, 0.25) is 0 Å². The van der Waals surface area contributed by atoms with Crippen molar-refractivity contribution < 1.29 is 14.7 Å². The number of carboxylic acid groups (broad SMARTS) is 1. The van der Waals surface area contributed by atoms with Gasteiger partial charge in [0.15, 0.2) is 0 Å². The van der Waals surface area contributed by atoms with Crippen molar-refractivity contribution in [3.05, 3.63) is 28.9 Å². The van der Waals surface area contributed by atoms with E-state index in [-0.39, 0.29) is 11.1 Å². The van der Waals surface area contributed by atoms with Crippen molar-refractivity contribution in [3.8, 4) is 0 Å². The maximum absolute atomic E-state index is 10.7. The Bertz CT molecular complexity index is 359. The second kappa shape index (κ2) is 3.39. The van der Waals surface area contributed by atoms with Crippen molar-refractivity contribution in [2.75, 3.05) is 0 Å². The maximum atomic E-state index is 10.7. The van der Waals surface area contributed by atoms with Crippen LogP contribution in [0.5, 0.6) is 0 Å². The Balaban J connectivity index is 3.19. The predicted molar refractivity (Wildman–Crippen MR) is 46.7 cm³/mol. The molecule has 0 heterocycles. The highest BCUT2D eigenvalue weighted by Crippen LogP contribution is 2.19. The van der Waals surface area contributed by atoms with Gasteiger partial charge in [0.05, 0.1) is 17.2 Å². The van der Waals surface area contributed by atoms with Gasteiger partial charge in [-0.1, -0.05) is 0 Å². The van der Waals surface area contributed by atoms with Crippen LogP contribution in [0, 0.1) is 0 Å². The van der Waals surface area contributed by atoms with Crippen molar-refractivity contribution in [3.63, 3.8) is 0 Å². The van der Waals surface area contributed by atoms with Gasteiger partial charge in [-0.25, -0.2) is 9.59 Å². The molecule has 1 aliphatic carbocycles. The average Bonchev–Trinajstić information content (AvgIpc) is 2.08. The van der Waals surface area contributed by atoms with E-state index in [0.717, 1.165) is 0 Å². The van der Waals surface area contributed by atoms with Gasteiger partial charge in [-0.2, -0.15) is 0 Å². The van der Waals surface area contributed by atoms with Gasteiger partial charge in [-0.3, -0.25) is 0 Å². The number of aliphatic carboxylic acids is 1. The molecule has 1 unspecified atom stereocenters. The molecule has 0 bridgehead atoms. The number of carbonyl (C=O) groups is 1. The number of hydrogen-bond acceptors (Lipinski definition) is 3. The predicted octanol–water partition coefficient (Wildman–Crippen LogP) is 0.0426. The quantitative estimate of drug-likeness (QED) is 0.557. The lowest BCUT2D eigenvalue weighted by molar-refractivity contribution is -0.132. The summed E-state index contributed by atoms with van der Waals surface area (Å²) in [4.78, 5) is 21.0. The Labute approximate surface area is 75.0 Å². The third-order valence-corrected chi connectivity index (χ3v) is 1.80. The molecule has 13 heavy (non-hydrogen) atoms. The largest absolute Gasteiger partial charge is 0.478 e. The first-order chi connectivity index (χ1) is 6.06. The molecule has 0 amide bonds. The van der Waals surface area contributed by atoms with Gasteiger partial charge in [0.2, 0.25) is 0 Å². The summed E-state index contributed by atoms with van der Waals surface area (Å²) in [5.41, 5.74) is 6.40. The lowest BCUT2D eigenvalue weighted by Crippen LogP contribution is -2.31. The van der Waals surface area contributed by atoms with Crippen molar-refractivity contribution in [2.45, 2.75) is 13.0 Å². The van der Waals surface area contributed by atoms with Crippen LogP contribution in [-0.4, -0.2) is 23.1 Å². The van der Waals surface area contributed by atoms with E-state index in [1.165, 1.54) is 12.2 Å². The molecule has 0 aromatic rings. The second-order valence-electron chi connectivity index (χ2n) is 2.83. The first-order valence-electron chi connectivity index (χ1n) is 3.70. The number of carboxylic acids is 1. The van der Waals surface area contributed by atoms with Gasteiger partial charge < -0.3 is 10.8 Å². The summed E-state index contributed by atoms with van der Waals surface area (Å²) in [6, 6.07) is -0.862. The van der Waals surface area contributed by atoms with E-state index >= 15 is 0 Å². The Morgan fingerprint density at radius 1 is 1.62 bits per heavy atom. The SMILES string of the molecule is CC1=CC(=C=O)C(N)C(C(=O)O)=C1. The van der Waals surface area contributed by atoms with E-state index in [2.05, 4.69) is 0 Å². The first-order valence-corrected chi connectivity index (χ1v) is 3.70. The summed E-state index contributed by atoms with van der Waals surface area (Å²) in [6.45, 7) is 1.70. The van der Waals surface area contributed by atoms with E-state index in [0.29, 0.717) is 5.57 Å². The number of allylic oxidation sites excluding steroid dienone is 2. The molecule has 1 atom stereocenters. The van der Waals surface area contributed by atoms with Gasteiger partial charge in [-0.05, 0) is 24.6 Å². The van der Waals surface area contributed by atoms with Crippen LogP contribution >= 0.6 is 0 Å². The van der Waals surface area contributed by atoms with Gasteiger partial charge in [-0.15, -0.1) is 0 Å². The molecule has 0 saturated carbocycles. The smallest absolute Gasteiger partial charge is 0.333 e. The summed E-state index contributed by atoms with van der Waals surface area (Å²) in [5.74, 6) is 0.526. The Kier molecular flexibility index (Phi) is 2.46. The lowest BCUT2D eigenvalue weighted by atomic mass is 9.92. The standard InChI is InChI=1S/C9H9NO3/c1-5-2-6(4-11)8(10)7(3-5)9(12)13/h2-3,8H,10H2,1H3,(H,12,13). The maximum Gasteiger partial charge on any atom is 0.333 e. The lowest BCUT2D eigenvalue weighted by Gasteiger charge is -2.16. The Morgan fingerprint density at radius 3 is 2.69 bits per heavy atom. The third-order valence-electron chi connectivity index (χ3n) is 1.80. The number of carbonyl (C=O) groups excluding carboxylic acids is 1. The van der Waals surface area contributed by atoms with Crippen LogP contribution < -0.4 is 5.73 Å². The highest BCUT2D eigenvalue weighted by molar-refractivity contribution is 5.91. The first kappa shape index (κ1) is 9.45. The second-order valence-corrected chi connectivity index (χ2v) is 2.83. The van der Waals surface area contributed by atoms with Crippen LogP contribution in [0.1, 0.15) is 6.92 Å². The monoisotopic (exact) mass is 179 g/mol. The highest BCUT2D eigenvalue weighted by Gasteiger charge is 2.23. The summed E-state index contributed by atoms with van der Waals surface area (Å²) < 4.78 is 0. The molecule has 0 radical (unpaired) electrons. The molecule has 0 aromatic heterocycles. The topological polar surface area (TPSA) is 80.4 Å². The minimum absolute atomic E-state index is 0.0263. The van der Waals surface area contributed by atoms with Crippen molar-refractivity contribution in [2.24, 2.45) is 5.73 Å². The molecule has 3 N–H and O–H groups in total. The van der Waals surface area contributed by atoms with Gasteiger partial charge in [0.1, 0.15) is 5.94 Å². The third kappa shape index (κ3) is 1.75. The van der Waals surface area contributed by atoms with E-state index in [4.69, 9.17) is 10.8 Å². The zero-order valence-corrected chi connectivity index (χ0v) is 7.07. The fraction of sp³-hybridized carbons (Fsp3) is 0.222. The van der Waals surface area contributed by atoms with Crippen LogP contribution in [0.15, 0.2) is 28.9 Å². The minimum Gasteiger partial charge on any atom is -0.478 e. The molecule has 0 aromatic carbocycles. The molecule has 0 spiro atoms. The Morgan fingerprint density at radius 2 is 2.23 bits per heavy atom. The van der Waals surface area contributed by atoms with E-state index in [1.807, 2.05) is 0 Å². The fourth-order valence-corrected chi connectivity index (χ4v) is 1.17. The van der Waals surface area contributed by atoms with Crippen molar-refractivity contribution in [1.29, 1.82) is 0 Å². The number of hydrogen-bond donors (Lipinski definition) is 2. The fourth-order valence-electron chi connectivity index (χ4n) is 1.17. The zero-order valence-electron chi connectivity index (χ0n) is 7.07. The highest BCUT2D eigenvalue weighted by atomic mass is 16.4. The van der Waals surface area contributed by atoms with E-state index in [1.54, 1.807) is 12.9 Å². The zero-order chi connectivity index (χ0) is 10.0. The van der Waals surface area contributed by atoms with E-state index in [9.17, 15) is 9.59 Å². The van der Waals surface area contributed by atoms with Gasteiger partial charge in [0.25, 0.3) is 0 Å². The molecular weight excluding hydrogens is 170 g/mol. The number of nitrogens with two attached hydrogens (primary N) is 1. The molecule has 0 fully saturated rings. The van der Waals surface area contributed by atoms with Crippen molar-refractivity contribution >= 4 is 11.9 Å². The minimum atomic E-state index is -1.10. The van der Waals surface area contributed by atoms with Crippen LogP contribution in [0.3, 0.4) is 0 Å². The molecule has 4 heteroatoms. The van der Waals surface area contributed by atoms with Crippen LogP contribution in [0.4, 0.5) is 0 Å². The van der Waals surface area contributed by atoms with Crippen LogP contribution in [-0.2, 0) is 9.59 Å². The summed E-state index contributed by atoms with van der Waals surface area (Å²) >= 11 is 0. The molecule has 68 valence electrons. The number of rotatable bonds is 1. The molecule has 1 aliphatic rings. The van der Waals surface area contributed by atoms with Gasteiger partial charge in [0, 0.05) is 0 Å². The molecule has 0 aliphatic heterocycles. The van der Waals surface area contributed by atoms with E-state index < -0.39 is 12.0 Å². The molecule has 4 nitrogen and oxygen atoms in total. The summed E-state index contributed by atoms with van der Waals surface area (Å²) in [7, 11) is 0. The molecule has 1 rings (SSSR count). The summed E-state index contributed by atoms with van der Waals surface area (Å²) in [5, 5.41) is 8.72. The molecular formula is C9H9NO3. The normalized spacial score (nSPS) is 21.7.